The summed E-state index contributed by atoms with van der Waals surface area (Å²) in [6.07, 6.45) is 1.05. The number of ether oxygens (including phenoxy) is 1. The molecule has 0 amide bonds. The third-order valence-corrected chi connectivity index (χ3v) is 3.25. The zero-order valence-corrected chi connectivity index (χ0v) is 8.90. The highest BCUT2D eigenvalue weighted by Crippen LogP contribution is 2.49. The van der Waals surface area contributed by atoms with Gasteiger partial charge in [-0.2, -0.15) is 0 Å². The lowest BCUT2D eigenvalue weighted by molar-refractivity contribution is -0.0886. The summed E-state index contributed by atoms with van der Waals surface area (Å²) >= 11 is 0. The van der Waals surface area contributed by atoms with Gasteiger partial charge in [-0.1, -0.05) is 6.92 Å². The van der Waals surface area contributed by atoms with Gasteiger partial charge >= 0.3 is 0 Å². The molecule has 0 spiro atoms. The highest BCUT2D eigenvalue weighted by molar-refractivity contribution is 5.03. The van der Waals surface area contributed by atoms with E-state index >= 15 is 0 Å². The zero-order valence-electron chi connectivity index (χ0n) is 8.90. The Morgan fingerprint density at radius 1 is 1.17 bits per heavy atom. The molecule has 0 radical (unpaired) electrons. The maximum absolute atomic E-state index is 5.96. The van der Waals surface area contributed by atoms with Crippen molar-refractivity contribution in [3.05, 3.63) is 0 Å². The van der Waals surface area contributed by atoms with Gasteiger partial charge in [0, 0.05) is 12.0 Å². The van der Waals surface area contributed by atoms with Gasteiger partial charge < -0.3 is 10.5 Å². The van der Waals surface area contributed by atoms with Crippen molar-refractivity contribution in [3.63, 3.8) is 0 Å². The predicted octanol–water partition coefficient (Wildman–Crippen LogP) is 1.93. The maximum Gasteiger partial charge on any atom is 0.0700 e. The van der Waals surface area contributed by atoms with Crippen LogP contribution in [0, 0.1) is 5.41 Å². The lowest BCUT2D eigenvalue weighted by atomic mass is 9.73. The molecule has 0 bridgehead atoms. The van der Waals surface area contributed by atoms with Crippen LogP contribution in [-0.4, -0.2) is 17.7 Å². The molecule has 0 saturated carbocycles. The molecule has 0 aromatic heterocycles. The molecule has 1 aliphatic heterocycles. The topological polar surface area (TPSA) is 35.2 Å². The fourth-order valence-electron chi connectivity index (χ4n) is 2.32. The van der Waals surface area contributed by atoms with E-state index in [1.807, 2.05) is 0 Å². The normalized spacial score (nSPS) is 38.5. The van der Waals surface area contributed by atoms with Gasteiger partial charge in [0.25, 0.3) is 0 Å². The van der Waals surface area contributed by atoms with Crippen LogP contribution in [0.3, 0.4) is 0 Å². The summed E-state index contributed by atoms with van der Waals surface area (Å²) in [7, 11) is 0. The first kappa shape index (κ1) is 10.0. The van der Waals surface area contributed by atoms with E-state index in [0.717, 1.165) is 6.42 Å². The van der Waals surface area contributed by atoms with Gasteiger partial charge in [0.2, 0.25) is 0 Å². The molecule has 1 unspecified atom stereocenters. The third kappa shape index (κ3) is 1.38. The molecule has 1 heterocycles. The lowest BCUT2D eigenvalue weighted by Crippen LogP contribution is -2.42. The van der Waals surface area contributed by atoms with Crippen molar-refractivity contribution in [1.29, 1.82) is 0 Å². The third-order valence-electron chi connectivity index (χ3n) is 3.25. The van der Waals surface area contributed by atoms with Crippen molar-refractivity contribution in [3.8, 4) is 0 Å². The van der Waals surface area contributed by atoms with Crippen molar-refractivity contribution in [1.82, 2.24) is 0 Å². The molecular formula is C10H21NO. The molecule has 1 saturated heterocycles. The Balaban J connectivity index is 2.92. The summed E-state index contributed by atoms with van der Waals surface area (Å²) in [5.41, 5.74) is 5.80. The highest BCUT2D eigenvalue weighted by Gasteiger charge is 2.53. The summed E-state index contributed by atoms with van der Waals surface area (Å²) in [5, 5.41) is 0. The smallest absolute Gasteiger partial charge is 0.0700 e. The molecule has 1 rings (SSSR count). The van der Waals surface area contributed by atoms with Crippen LogP contribution >= 0.6 is 0 Å². The Bertz CT molecular complexity index is 186. The van der Waals surface area contributed by atoms with Gasteiger partial charge in [0.05, 0.1) is 11.2 Å². The van der Waals surface area contributed by atoms with E-state index in [-0.39, 0.29) is 16.6 Å². The number of rotatable bonds is 1. The second-order valence-electron chi connectivity index (χ2n) is 5.31. The van der Waals surface area contributed by atoms with E-state index in [2.05, 4.69) is 34.6 Å². The molecule has 0 aliphatic carbocycles. The fraction of sp³-hybridized carbons (Fsp3) is 1.00. The van der Waals surface area contributed by atoms with Gasteiger partial charge in [-0.3, -0.25) is 0 Å². The quantitative estimate of drug-likeness (QED) is 0.654. The number of hydrogen-bond donors (Lipinski definition) is 1. The second-order valence-corrected chi connectivity index (χ2v) is 5.31. The van der Waals surface area contributed by atoms with Gasteiger partial charge in [-0.25, -0.2) is 0 Å². The molecular weight excluding hydrogens is 150 g/mol. The molecule has 0 aromatic rings. The van der Waals surface area contributed by atoms with Gasteiger partial charge in [-0.05, 0) is 34.1 Å². The molecule has 1 aliphatic rings. The Kier molecular flexibility index (Phi) is 2.05. The van der Waals surface area contributed by atoms with Crippen molar-refractivity contribution < 1.29 is 4.74 Å². The molecule has 2 heteroatoms. The molecule has 0 aromatic carbocycles. The highest BCUT2D eigenvalue weighted by atomic mass is 16.5. The SMILES string of the molecule is CC1(C)CC(C)(CN)C(C)(C)O1. The fourth-order valence-corrected chi connectivity index (χ4v) is 2.32. The zero-order chi connectivity index (χ0) is 9.62. The van der Waals surface area contributed by atoms with Crippen LogP contribution in [0.25, 0.3) is 0 Å². The first-order chi connectivity index (χ1) is 5.22. The van der Waals surface area contributed by atoms with Crippen LogP contribution in [0.15, 0.2) is 0 Å². The molecule has 2 N–H and O–H groups in total. The Hall–Kier alpha value is -0.0800. The number of hydrogen-bond acceptors (Lipinski definition) is 2. The predicted molar refractivity (Wildman–Crippen MR) is 51.0 cm³/mol. The van der Waals surface area contributed by atoms with Crippen LogP contribution in [-0.2, 0) is 4.74 Å². The van der Waals surface area contributed by atoms with Crippen molar-refractivity contribution >= 4 is 0 Å². The van der Waals surface area contributed by atoms with E-state index in [0.29, 0.717) is 6.54 Å². The van der Waals surface area contributed by atoms with Crippen LogP contribution < -0.4 is 5.73 Å². The van der Waals surface area contributed by atoms with E-state index in [9.17, 15) is 0 Å². The molecule has 72 valence electrons. The van der Waals surface area contributed by atoms with Gasteiger partial charge in [0.1, 0.15) is 0 Å². The van der Waals surface area contributed by atoms with Gasteiger partial charge in [0.15, 0.2) is 0 Å². The van der Waals surface area contributed by atoms with E-state index in [4.69, 9.17) is 10.5 Å². The first-order valence-electron chi connectivity index (χ1n) is 4.63. The van der Waals surface area contributed by atoms with Crippen molar-refractivity contribution in [2.45, 2.75) is 52.2 Å². The van der Waals surface area contributed by atoms with Crippen molar-refractivity contribution in [2.24, 2.45) is 11.1 Å². The number of nitrogens with two attached hydrogens (primary N) is 1. The molecule has 12 heavy (non-hydrogen) atoms. The molecule has 1 atom stereocenters. The Labute approximate surface area is 75.5 Å². The standard InChI is InChI=1S/C10H21NO/c1-8(2)6-10(5,7-11)9(3,4)12-8/h6-7,11H2,1-5H3. The van der Waals surface area contributed by atoms with E-state index in [1.165, 1.54) is 0 Å². The molecule has 1 fully saturated rings. The Morgan fingerprint density at radius 3 is 1.83 bits per heavy atom. The van der Waals surface area contributed by atoms with Crippen LogP contribution in [0.1, 0.15) is 41.0 Å². The summed E-state index contributed by atoms with van der Waals surface area (Å²) in [6.45, 7) is 11.4. The summed E-state index contributed by atoms with van der Waals surface area (Å²) < 4.78 is 5.96. The minimum absolute atomic E-state index is 0.0162. The minimum atomic E-state index is -0.0920. The lowest BCUT2D eigenvalue weighted by Gasteiger charge is -2.35. The second kappa shape index (κ2) is 2.46. The van der Waals surface area contributed by atoms with Crippen LogP contribution in [0.2, 0.25) is 0 Å². The summed E-state index contributed by atoms with van der Waals surface area (Å²) in [4.78, 5) is 0. The van der Waals surface area contributed by atoms with E-state index < -0.39 is 0 Å². The van der Waals surface area contributed by atoms with Gasteiger partial charge in [-0.15, -0.1) is 0 Å². The largest absolute Gasteiger partial charge is 0.369 e. The first-order valence-corrected chi connectivity index (χ1v) is 4.63. The van der Waals surface area contributed by atoms with Crippen LogP contribution in [0.5, 0.6) is 0 Å². The molecule has 2 nitrogen and oxygen atoms in total. The monoisotopic (exact) mass is 171 g/mol. The maximum atomic E-state index is 5.96. The average Bonchev–Trinajstić information content (AvgIpc) is 1.98. The Morgan fingerprint density at radius 2 is 1.67 bits per heavy atom. The summed E-state index contributed by atoms with van der Waals surface area (Å²) in [6, 6.07) is 0. The van der Waals surface area contributed by atoms with Crippen molar-refractivity contribution in [2.75, 3.05) is 6.54 Å². The minimum Gasteiger partial charge on any atom is -0.369 e. The van der Waals surface area contributed by atoms with Crippen LogP contribution in [0.4, 0.5) is 0 Å². The average molecular weight is 171 g/mol. The summed E-state index contributed by atoms with van der Waals surface area (Å²) in [5.74, 6) is 0. The van der Waals surface area contributed by atoms with E-state index in [1.54, 1.807) is 0 Å².